The Bertz CT molecular complexity index is 1780. The summed E-state index contributed by atoms with van der Waals surface area (Å²) in [7, 11) is 6.59. The summed E-state index contributed by atoms with van der Waals surface area (Å²) >= 11 is 3.00. The minimum atomic E-state index is -0.209. The normalized spacial score (nSPS) is 12.2. The Morgan fingerprint density at radius 3 is 2.23 bits per heavy atom. The molecule has 2 aromatic carbocycles. The number of para-hydroxylation sites is 1. The van der Waals surface area contributed by atoms with Crippen LogP contribution in [0.25, 0.3) is 16.9 Å². The summed E-state index contributed by atoms with van der Waals surface area (Å²) in [6, 6.07) is 17.3. The molecule has 40 heavy (non-hydrogen) atoms. The third-order valence-corrected chi connectivity index (χ3v) is 8.30. The number of hydrogen-bond acceptors (Lipinski definition) is 8. The van der Waals surface area contributed by atoms with Crippen molar-refractivity contribution in [2.75, 3.05) is 21.3 Å². The van der Waals surface area contributed by atoms with Crippen molar-refractivity contribution in [3.63, 3.8) is 0 Å². The van der Waals surface area contributed by atoms with Crippen LogP contribution in [-0.2, 0) is 7.05 Å². The molecule has 0 aliphatic heterocycles. The Kier molecular flexibility index (Phi) is 7.76. The summed E-state index contributed by atoms with van der Waals surface area (Å²) in [4.78, 5) is 20.1. The van der Waals surface area contributed by atoms with Gasteiger partial charge in [-0.3, -0.25) is 9.48 Å². The first-order valence-corrected chi connectivity index (χ1v) is 14.1. The van der Waals surface area contributed by atoms with Gasteiger partial charge in [-0.25, -0.2) is 14.4 Å². The van der Waals surface area contributed by atoms with Gasteiger partial charge in [-0.05, 0) is 49.6 Å². The van der Waals surface area contributed by atoms with Crippen LogP contribution in [0.2, 0.25) is 0 Å². The summed E-state index contributed by atoms with van der Waals surface area (Å²) in [6.45, 7) is 3.84. The predicted molar refractivity (Wildman–Crippen MR) is 160 cm³/mol. The van der Waals surface area contributed by atoms with Crippen molar-refractivity contribution in [1.29, 1.82) is 0 Å². The minimum Gasteiger partial charge on any atom is -0.493 e. The summed E-state index contributed by atoms with van der Waals surface area (Å²) in [5.74, 6) is 1.55. The first kappa shape index (κ1) is 27.2. The maximum Gasteiger partial charge on any atom is 0.297 e. The van der Waals surface area contributed by atoms with Crippen molar-refractivity contribution in [3.05, 3.63) is 91.1 Å². The summed E-state index contributed by atoms with van der Waals surface area (Å²) in [5.41, 5.74) is 4.01. The number of benzene rings is 2. The summed E-state index contributed by atoms with van der Waals surface area (Å²) in [6.07, 6.45) is 0. The maximum absolute atomic E-state index is 13.6. The molecule has 0 saturated carbocycles. The van der Waals surface area contributed by atoms with E-state index in [-0.39, 0.29) is 5.56 Å². The van der Waals surface area contributed by atoms with Gasteiger partial charge < -0.3 is 14.2 Å². The van der Waals surface area contributed by atoms with Crippen molar-refractivity contribution in [2.45, 2.75) is 13.8 Å². The standard InChI is InChI=1S/C29H29N5O4S2/c1-18(25-13-10-14-39-25)31-33-22(20-15-23(36-4)27(38-6)24(16-20)37-5)17-40-29(33)30-26-19(2)32(3)34(28(26)35)21-11-8-7-9-12-21/h7-17H,1-6H3. The fraction of sp³-hybridized carbons (Fsp3) is 0.207. The summed E-state index contributed by atoms with van der Waals surface area (Å²) < 4.78 is 21.9. The van der Waals surface area contributed by atoms with Gasteiger partial charge in [0.25, 0.3) is 5.56 Å². The average molecular weight is 576 g/mol. The van der Waals surface area contributed by atoms with Gasteiger partial charge in [-0.15, -0.1) is 22.7 Å². The number of rotatable bonds is 8. The number of nitrogens with zero attached hydrogens (tertiary/aromatic N) is 5. The average Bonchev–Trinajstić information content (AvgIpc) is 3.70. The van der Waals surface area contributed by atoms with Crippen LogP contribution in [0, 0.1) is 6.92 Å². The molecule has 3 heterocycles. The van der Waals surface area contributed by atoms with E-state index in [1.165, 1.54) is 11.3 Å². The number of ether oxygens (including phenoxy) is 3. The van der Waals surface area contributed by atoms with E-state index >= 15 is 0 Å². The number of thiazole rings is 1. The van der Waals surface area contributed by atoms with Crippen molar-refractivity contribution in [1.82, 2.24) is 14.0 Å². The minimum absolute atomic E-state index is 0.209. The van der Waals surface area contributed by atoms with Crippen LogP contribution in [0.3, 0.4) is 0 Å². The molecule has 0 aliphatic rings. The molecule has 0 saturated heterocycles. The van der Waals surface area contributed by atoms with Crippen LogP contribution in [0.4, 0.5) is 5.69 Å². The SMILES string of the molecule is COc1cc(-c2csc(=Nc3c(C)n(C)n(-c4ccccc4)c3=O)n2N=C(C)c2cccs2)cc(OC)c1OC. The van der Waals surface area contributed by atoms with Gasteiger partial charge in [0.2, 0.25) is 10.6 Å². The fourth-order valence-electron chi connectivity index (χ4n) is 4.36. The molecule has 206 valence electrons. The van der Waals surface area contributed by atoms with Crippen molar-refractivity contribution in [2.24, 2.45) is 17.1 Å². The van der Waals surface area contributed by atoms with Crippen molar-refractivity contribution >= 4 is 34.1 Å². The van der Waals surface area contributed by atoms with Crippen molar-refractivity contribution < 1.29 is 14.2 Å². The Morgan fingerprint density at radius 2 is 1.62 bits per heavy atom. The highest BCUT2D eigenvalue weighted by atomic mass is 32.1. The molecule has 0 atom stereocenters. The Morgan fingerprint density at radius 1 is 0.925 bits per heavy atom. The molecule has 0 radical (unpaired) electrons. The lowest BCUT2D eigenvalue weighted by Gasteiger charge is -2.14. The molecule has 5 aromatic rings. The van der Waals surface area contributed by atoms with Crippen LogP contribution < -0.4 is 24.6 Å². The highest BCUT2D eigenvalue weighted by Gasteiger charge is 2.19. The lowest BCUT2D eigenvalue weighted by molar-refractivity contribution is 0.324. The molecule has 3 aromatic heterocycles. The molecule has 9 nitrogen and oxygen atoms in total. The van der Waals surface area contributed by atoms with Crippen LogP contribution in [-0.4, -0.2) is 41.1 Å². The smallest absolute Gasteiger partial charge is 0.297 e. The lowest BCUT2D eigenvalue weighted by Crippen LogP contribution is -2.20. The van der Waals surface area contributed by atoms with Crippen LogP contribution in [0.1, 0.15) is 17.5 Å². The highest BCUT2D eigenvalue weighted by molar-refractivity contribution is 7.12. The van der Waals surface area contributed by atoms with Gasteiger partial charge in [-0.1, -0.05) is 24.3 Å². The zero-order valence-corrected chi connectivity index (χ0v) is 24.7. The second-order valence-corrected chi connectivity index (χ2v) is 10.6. The van der Waals surface area contributed by atoms with Gasteiger partial charge in [0.15, 0.2) is 17.2 Å². The number of thiophene rings is 1. The number of aromatic nitrogens is 3. The molecule has 11 heteroatoms. The highest BCUT2D eigenvalue weighted by Crippen LogP contribution is 2.41. The van der Waals surface area contributed by atoms with Crippen molar-refractivity contribution in [3.8, 4) is 34.2 Å². The number of methoxy groups -OCH3 is 3. The molecular formula is C29H29N5O4S2. The van der Waals surface area contributed by atoms with E-state index in [4.69, 9.17) is 24.3 Å². The topological polar surface area (TPSA) is 84.3 Å². The van der Waals surface area contributed by atoms with E-state index in [0.29, 0.717) is 27.7 Å². The molecule has 0 aliphatic carbocycles. The van der Waals surface area contributed by atoms with E-state index in [0.717, 1.165) is 33.2 Å². The van der Waals surface area contributed by atoms with Crippen LogP contribution in [0.15, 0.2) is 80.2 Å². The van der Waals surface area contributed by atoms with E-state index in [2.05, 4.69) is 0 Å². The second-order valence-electron chi connectivity index (χ2n) is 8.81. The first-order chi connectivity index (χ1) is 19.4. The molecule has 0 bridgehead atoms. The summed E-state index contributed by atoms with van der Waals surface area (Å²) in [5, 5.41) is 8.93. The van der Waals surface area contributed by atoms with E-state index in [1.54, 1.807) is 42.0 Å². The zero-order valence-electron chi connectivity index (χ0n) is 23.0. The quantitative estimate of drug-likeness (QED) is 0.225. The lowest BCUT2D eigenvalue weighted by atomic mass is 10.1. The Labute approximate surface area is 239 Å². The van der Waals surface area contributed by atoms with Gasteiger partial charge in [0.1, 0.15) is 0 Å². The molecule has 0 N–H and O–H groups in total. The van der Waals surface area contributed by atoms with Crippen LogP contribution in [0.5, 0.6) is 17.2 Å². The van der Waals surface area contributed by atoms with Gasteiger partial charge >= 0.3 is 0 Å². The molecule has 0 amide bonds. The van der Waals surface area contributed by atoms with E-state index < -0.39 is 0 Å². The first-order valence-electron chi connectivity index (χ1n) is 12.4. The van der Waals surface area contributed by atoms with E-state index in [9.17, 15) is 4.79 Å². The van der Waals surface area contributed by atoms with Gasteiger partial charge in [0.05, 0.1) is 49.0 Å². The van der Waals surface area contributed by atoms with Crippen LogP contribution >= 0.6 is 22.7 Å². The molecule has 0 unspecified atom stereocenters. The van der Waals surface area contributed by atoms with E-state index in [1.807, 2.05) is 90.9 Å². The third-order valence-electron chi connectivity index (χ3n) is 6.50. The number of hydrogen-bond donors (Lipinski definition) is 0. The molecule has 5 rings (SSSR count). The van der Waals surface area contributed by atoms with Gasteiger partial charge in [0, 0.05) is 18.0 Å². The second kappa shape index (κ2) is 11.4. The molecule has 0 spiro atoms. The third kappa shape index (κ3) is 4.89. The van der Waals surface area contributed by atoms with Gasteiger partial charge in [-0.2, -0.15) is 5.10 Å². The largest absolute Gasteiger partial charge is 0.493 e. The Balaban J connectivity index is 1.76. The fourth-order valence-corrected chi connectivity index (χ4v) is 5.87. The predicted octanol–water partition coefficient (Wildman–Crippen LogP) is 5.61. The molecular weight excluding hydrogens is 546 g/mol. The maximum atomic E-state index is 13.6. The molecule has 0 fully saturated rings. The Hall–Kier alpha value is -4.35. The monoisotopic (exact) mass is 575 g/mol. The zero-order chi connectivity index (χ0) is 28.4.